The van der Waals surface area contributed by atoms with Crippen molar-refractivity contribution in [1.82, 2.24) is 15.5 Å². The summed E-state index contributed by atoms with van der Waals surface area (Å²) >= 11 is 0. The van der Waals surface area contributed by atoms with Crippen molar-refractivity contribution < 1.29 is 14.3 Å². The molecule has 0 saturated heterocycles. The van der Waals surface area contributed by atoms with E-state index >= 15 is 0 Å². The van der Waals surface area contributed by atoms with E-state index in [4.69, 9.17) is 4.74 Å². The summed E-state index contributed by atoms with van der Waals surface area (Å²) in [7, 11) is 1.57. The van der Waals surface area contributed by atoms with Crippen LogP contribution in [0.4, 0.5) is 5.82 Å². The standard InChI is InChI=1S/C18H20N4O3/c1-18(2)8-9-5-4-6-10(15(9)25-18)11-7-12(23)20-16-13(11)14(21-22-16)17(24)19-3/h4-6,11H,7-8H2,1-3H3,(H,19,24)(H2,20,21,22,23)/t11-/m0/s1. The lowest BCUT2D eigenvalue weighted by Gasteiger charge is -2.25. The molecule has 2 amide bonds. The van der Waals surface area contributed by atoms with Gasteiger partial charge in [0.25, 0.3) is 5.91 Å². The van der Waals surface area contributed by atoms with E-state index in [2.05, 4.69) is 20.8 Å². The van der Waals surface area contributed by atoms with Gasteiger partial charge < -0.3 is 15.4 Å². The first-order valence-corrected chi connectivity index (χ1v) is 8.30. The van der Waals surface area contributed by atoms with E-state index in [9.17, 15) is 9.59 Å². The van der Waals surface area contributed by atoms with Crippen molar-refractivity contribution in [3.8, 4) is 5.75 Å². The number of para-hydroxylation sites is 1. The van der Waals surface area contributed by atoms with Gasteiger partial charge in [-0.25, -0.2) is 0 Å². The second-order valence-electron chi connectivity index (χ2n) is 7.12. The van der Waals surface area contributed by atoms with Crippen LogP contribution in [0.25, 0.3) is 0 Å². The Kier molecular flexibility index (Phi) is 3.35. The fourth-order valence-electron chi connectivity index (χ4n) is 3.73. The summed E-state index contributed by atoms with van der Waals surface area (Å²) in [5.74, 6) is 0.571. The molecule has 7 nitrogen and oxygen atoms in total. The predicted octanol–water partition coefficient (Wildman–Crippen LogP) is 1.96. The Morgan fingerprint density at radius 2 is 2.20 bits per heavy atom. The molecule has 4 rings (SSSR count). The van der Waals surface area contributed by atoms with E-state index in [1.807, 2.05) is 32.0 Å². The quantitative estimate of drug-likeness (QED) is 0.778. The van der Waals surface area contributed by atoms with E-state index < -0.39 is 0 Å². The number of H-pyrrole nitrogens is 1. The van der Waals surface area contributed by atoms with Gasteiger partial charge in [-0.05, 0) is 19.4 Å². The number of benzene rings is 1. The van der Waals surface area contributed by atoms with Crippen LogP contribution in [0.15, 0.2) is 18.2 Å². The molecule has 7 heteroatoms. The Labute approximate surface area is 145 Å². The molecule has 2 aliphatic rings. The summed E-state index contributed by atoms with van der Waals surface area (Å²) in [4.78, 5) is 24.4. The summed E-state index contributed by atoms with van der Waals surface area (Å²) in [6.07, 6.45) is 1.06. The average Bonchev–Trinajstić information content (AvgIpc) is 3.11. The molecular weight excluding hydrogens is 320 g/mol. The molecule has 0 aliphatic carbocycles. The highest BCUT2D eigenvalue weighted by Gasteiger charge is 2.38. The van der Waals surface area contributed by atoms with Crippen molar-refractivity contribution in [2.24, 2.45) is 0 Å². The van der Waals surface area contributed by atoms with Gasteiger partial charge in [0.1, 0.15) is 17.0 Å². The monoisotopic (exact) mass is 340 g/mol. The van der Waals surface area contributed by atoms with Gasteiger partial charge in [-0.1, -0.05) is 18.2 Å². The maximum Gasteiger partial charge on any atom is 0.269 e. The van der Waals surface area contributed by atoms with Gasteiger partial charge in [0, 0.05) is 36.9 Å². The Morgan fingerprint density at radius 1 is 1.40 bits per heavy atom. The van der Waals surface area contributed by atoms with Crippen molar-refractivity contribution in [3.05, 3.63) is 40.6 Å². The number of aromatic amines is 1. The number of rotatable bonds is 2. The molecule has 2 aromatic rings. The summed E-state index contributed by atoms with van der Waals surface area (Å²) in [6, 6.07) is 5.99. The zero-order chi connectivity index (χ0) is 17.8. The number of carbonyl (C=O) groups is 2. The van der Waals surface area contributed by atoms with Crippen LogP contribution in [0.2, 0.25) is 0 Å². The molecule has 0 spiro atoms. The van der Waals surface area contributed by atoms with Gasteiger partial charge in [0.2, 0.25) is 5.91 Å². The van der Waals surface area contributed by atoms with E-state index in [-0.39, 0.29) is 29.8 Å². The van der Waals surface area contributed by atoms with Crippen LogP contribution in [0.3, 0.4) is 0 Å². The van der Waals surface area contributed by atoms with Crippen molar-refractivity contribution in [2.45, 2.75) is 38.2 Å². The molecule has 0 fully saturated rings. The summed E-state index contributed by atoms with van der Waals surface area (Å²) in [5, 5.41) is 12.2. The molecule has 0 saturated carbocycles. The normalized spacial score (nSPS) is 20.3. The van der Waals surface area contributed by atoms with Gasteiger partial charge in [0.15, 0.2) is 5.82 Å². The average molecular weight is 340 g/mol. The van der Waals surface area contributed by atoms with Gasteiger partial charge in [0.05, 0.1) is 0 Å². The van der Waals surface area contributed by atoms with Crippen LogP contribution >= 0.6 is 0 Å². The summed E-state index contributed by atoms with van der Waals surface area (Å²) in [6.45, 7) is 4.09. The third kappa shape index (κ3) is 2.47. The maximum absolute atomic E-state index is 12.2. The second kappa shape index (κ2) is 5.34. The summed E-state index contributed by atoms with van der Waals surface area (Å²) < 4.78 is 6.17. The summed E-state index contributed by atoms with van der Waals surface area (Å²) in [5.41, 5.74) is 2.85. The largest absolute Gasteiger partial charge is 0.487 e. The third-order valence-electron chi connectivity index (χ3n) is 4.75. The number of hydrogen-bond donors (Lipinski definition) is 3. The number of ether oxygens (including phenoxy) is 1. The first-order chi connectivity index (χ1) is 11.9. The molecule has 3 heterocycles. The molecule has 0 radical (unpaired) electrons. The zero-order valence-corrected chi connectivity index (χ0v) is 14.4. The van der Waals surface area contributed by atoms with E-state index in [1.165, 1.54) is 0 Å². The van der Waals surface area contributed by atoms with Crippen molar-refractivity contribution in [3.63, 3.8) is 0 Å². The Bertz CT molecular complexity index is 884. The van der Waals surface area contributed by atoms with Crippen LogP contribution in [-0.2, 0) is 11.2 Å². The van der Waals surface area contributed by atoms with Crippen LogP contribution in [-0.4, -0.2) is 34.7 Å². The lowest BCUT2D eigenvalue weighted by Crippen LogP contribution is -2.27. The first-order valence-electron chi connectivity index (χ1n) is 8.30. The lowest BCUT2D eigenvalue weighted by atomic mass is 9.84. The fraction of sp³-hybridized carbons (Fsp3) is 0.389. The minimum atomic E-state index is -0.280. The van der Waals surface area contributed by atoms with Crippen molar-refractivity contribution >= 4 is 17.6 Å². The van der Waals surface area contributed by atoms with Gasteiger partial charge in [-0.15, -0.1) is 0 Å². The smallest absolute Gasteiger partial charge is 0.269 e. The van der Waals surface area contributed by atoms with Gasteiger partial charge >= 0.3 is 0 Å². The van der Waals surface area contributed by atoms with Crippen LogP contribution < -0.4 is 15.4 Å². The highest BCUT2D eigenvalue weighted by atomic mass is 16.5. The minimum absolute atomic E-state index is 0.123. The SMILES string of the molecule is CNC(=O)c1[nH]nc2c1[C@H](c1cccc3c1OC(C)(C)C3)CC(=O)N2. The topological polar surface area (TPSA) is 96.1 Å². The van der Waals surface area contributed by atoms with Crippen molar-refractivity contribution in [2.75, 3.05) is 12.4 Å². The number of hydrogen-bond acceptors (Lipinski definition) is 4. The second-order valence-corrected chi connectivity index (χ2v) is 7.12. The molecule has 1 atom stereocenters. The molecule has 1 aromatic carbocycles. The molecule has 3 N–H and O–H groups in total. The van der Waals surface area contributed by atoms with Crippen LogP contribution in [0, 0.1) is 0 Å². The zero-order valence-electron chi connectivity index (χ0n) is 14.4. The Hall–Kier alpha value is -2.83. The molecule has 2 aliphatic heterocycles. The number of anilines is 1. The maximum atomic E-state index is 12.2. The highest BCUT2D eigenvalue weighted by Crippen LogP contribution is 2.46. The Balaban J connectivity index is 1.87. The fourth-order valence-corrected chi connectivity index (χ4v) is 3.73. The van der Waals surface area contributed by atoms with Gasteiger partial charge in [-0.3, -0.25) is 14.7 Å². The van der Waals surface area contributed by atoms with Crippen molar-refractivity contribution in [1.29, 1.82) is 0 Å². The number of carbonyl (C=O) groups excluding carboxylic acids is 2. The lowest BCUT2D eigenvalue weighted by molar-refractivity contribution is -0.116. The third-order valence-corrected chi connectivity index (χ3v) is 4.75. The number of nitrogens with one attached hydrogen (secondary N) is 3. The highest BCUT2D eigenvalue weighted by molar-refractivity contribution is 6.00. The number of aromatic nitrogens is 2. The number of nitrogens with zero attached hydrogens (tertiary/aromatic N) is 1. The van der Waals surface area contributed by atoms with E-state index in [0.717, 1.165) is 23.3 Å². The molecule has 0 unspecified atom stereocenters. The van der Waals surface area contributed by atoms with E-state index in [1.54, 1.807) is 7.05 Å². The molecule has 0 bridgehead atoms. The molecule has 1 aromatic heterocycles. The molecule has 130 valence electrons. The number of amides is 2. The van der Waals surface area contributed by atoms with Crippen LogP contribution in [0.1, 0.15) is 53.4 Å². The van der Waals surface area contributed by atoms with E-state index in [0.29, 0.717) is 17.1 Å². The van der Waals surface area contributed by atoms with Crippen LogP contribution in [0.5, 0.6) is 5.75 Å². The minimum Gasteiger partial charge on any atom is -0.487 e. The predicted molar refractivity (Wildman–Crippen MR) is 91.9 cm³/mol. The Morgan fingerprint density at radius 3 is 2.96 bits per heavy atom. The first kappa shape index (κ1) is 15.7. The molecular formula is C18H20N4O3. The molecule has 25 heavy (non-hydrogen) atoms. The van der Waals surface area contributed by atoms with Gasteiger partial charge in [-0.2, -0.15) is 5.10 Å². The number of fused-ring (bicyclic) bond motifs is 2.